The lowest BCUT2D eigenvalue weighted by Gasteiger charge is -2.33. The number of rotatable bonds is 7. The molecule has 1 fully saturated rings. The molecule has 11 rings (SSSR count). The normalized spacial score (nSPS) is 28.3. The van der Waals surface area contributed by atoms with E-state index in [4.69, 9.17) is 4.74 Å². The molecule has 6 aromatic rings. The van der Waals surface area contributed by atoms with E-state index in [-0.39, 0.29) is 77.8 Å². The number of aliphatic hydroxyl groups excluding tert-OH is 3. The van der Waals surface area contributed by atoms with Gasteiger partial charge in [0.15, 0.2) is 29.2 Å². The van der Waals surface area contributed by atoms with Gasteiger partial charge < -0.3 is 56.3 Å². The molecule has 13 heteroatoms. The number of β-amino-alcohol motifs (C(OH)–C–C–N with tert-alkyl or cyclic N) is 1. The molecule has 1 aromatic heterocycles. The van der Waals surface area contributed by atoms with Crippen LogP contribution >= 0.6 is 0 Å². The van der Waals surface area contributed by atoms with Gasteiger partial charge in [0, 0.05) is 79.6 Å². The molecule has 5 aliphatic rings. The third-order valence-corrected chi connectivity index (χ3v) is 19.7. The number of aromatic nitrogens is 1. The van der Waals surface area contributed by atoms with Crippen molar-refractivity contribution >= 4 is 28.0 Å². The van der Waals surface area contributed by atoms with Crippen molar-refractivity contribution in [1.29, 1.82) is 0 Å². The van der Waals surface area contributed by atoms with Gasteiger partial charge in [0.1, 0.15) is 17.3 Å². The van der Waals surface area contributed by atoms with Crippen molar-refractivity contribution in [3.63, 3.8) is 0 Å². The van der Waals surface area contributed by atoms with Crippen molar-refractivity contribution in [3.8, 4) is 34.8 Å². The highest BCUT2D eigenvalue weighted by atomic mass is 16.5. The molecule has 13 unspecified atom stereocenters. The molecule has 10 N–H and O–H groups in total. The van der Waals surface area contributed by atoms with E-state index in [1.54, 1.807) is 18.2 Å². The van der Waals surface area contributed by atoms with E-state index in [9.17, 15) is 35.4 Å². The summed E-state index contributed by atoms with van der Waals surface area (Å²) in [7, 11) is 1.49. The molecule has 3 aliphatic carbocycles. The summed E-state index contributed by atoms with van der Waals surface area (Å²) < 4.78 is 5.67. The molecular formula is C74H86N4O9. The van der Waals surface area contributed by atoms with Crippen LogP contribution in [0.5, 0.6) is 23.0 Å². The number of benzene rings is 5. The second-order valence-electron chi connectivity index (χ2n) is 25.8. The summed E-state index contributed by atoms with van der Waals surface area (Å²) in [6, 6.07) is 31.2. The molecular weight excluding hydrogens is 1090 g/mol. The van der Waals surface area contributed by atoms with Crippen molar-refractivity contribution < 1.29 is 45.0 Å². The monoisotopic (exact) mass is 1170 g/mol. The maximum atomic E-state index is 15.4. The minimum absolute atomic E-state index is 0.0333. The number of hydrogen-bond donors (Lipinski definition) is 10. The number of carbonyl (C=O) groups excluding carboxylic acids is 2. The van der Waals surface area contributed by atoms with Gasteiger partial charge in [-0.2, -0.15) is 0 Å². The van der Waals surface area contributed by atoms with Gasteiger partial charge >= 0.3 is 0 Å². The molecule has 0 spiro atoms. The van der Waals surface area contributed by atoms with E-state index >= 15 is 4.79 Å². The number of anilines is 1. The van der Waals surface area contributed by atoms with Gasteiger partial charge in [-0.15, -0.1) is 0 Å². The number of aliphatic hydroxyl groups is 3. The van der Waals surface area contributed by atoms with E-state index < -0.39 is 47.6 Å². The number of dihydropyridines is 1. The quantitative estimate of drug-likeness (QED) is 0.0410. The Kier molecular flexibility index (Phi) is 19.1. The number of aromatic amines is 1. The molecule has 87 heavy (non-hydrogen) atoms. The Morgan fingerprint density at radius 2 is 1.60 bits per heavy atom. The maximum absolute atomic E-state index is 15.4. The summed E-state index contributed by atoms with van der Waals surface area (Å²) in [6.45, 7) is 8.03. The minimum Gasteiger partial charge on any atom is -0.508 e. The van der Waals surface area contributed by atoms with Gasteiger partial charge in [-0.05, 0) is 185 Å². The molecule has 5 aromatic carbocycles. The van der Waals surface area contributed by atoms with Crippen molar-refractivity contribution in [2.24, 2.45) is 41.4 Å². The summed E-state index contributed by atoms with van der Waals surface area (Å²) in [6.07, 6.45) is 13.5. The van der Waals surface area contributed by atoms with Crippen molar-refractivity contribution in [2.45, 2.75) is 134 Å². The van der Waals surface area contributed by atoms with E-state index in [2.05, 4.69) is 108 Å². The molecule has 13 nitrogen and oxygen atoms in total. The summed E-state index contributed by atoms with van der Waals surface area (Å²) >= 11 is 0. The number of phenolic OH excluding ortho intramolecular Hbond substituents is 3. The van der Waals surface area contributed by atoms with Gasteiger partial charge in [-0.3, -0.25) is 9.59 Å². The number of ketones is 2. The lowest BCUT2D eigenvalue weighted by atomic mass is 9.72. The molecule has 0 radical (unpaired) electrons. The van der Waals surface area contributed by atoms with Crippen LogP contribution < -0.4 is 20.7 Å². The molecule has 2 aliphatic heterocycles. The summed E-state index contributed by atoms with van der Waals surface area (Å²) in [5, 5.41) is 81.6. The smallest absolute Gasteiger partial charge is 0.173 e. The Hall–Kier alpha value is -7.60. The fraction of sp³-hybridized carbons (Fsp3) is 0.432. The van der Waals surface area contributed by atoms with Crippen LogP contribution in [0.2, 0.25) is 0 Å². The molecule has 0 saturated heterocycles. The zero-order chi connectivity index (χ0) is 60.9. The third kappa shape index (κ3) is 14.1. The van der Waals surface area contributed by atoms with Crippen LogP contribution in [0.25, 0.3) is 10.8 Å². The van der Waals surface area contributed by atoms with Gasteiger partial charge in [0.05, 0.1) is 25.2 Å². The average Bonchev–Trinajstić information content (AvgIpc) is 3.26. The lowest BCUT2D eigenvalue weighted by Crippen LogP contribution is -2.40. The molecule has 456 valence electrons. The minimum atomic E-state index is -1.88. The second kappa shape index (κ2) is 27.2. The maximum Gasteiger partial charge on any atom is 0.173 e. The van der Waals surface area contributed by atoms with Crippen LogP contribution in [0.1, 0.15) is 135 Å². The van der Waals surface area contributed by atoms with Gasteiger partial charge in [-0.1, -0.05) is 112 Å². The second-order valence-corrected chi connectivity index (χ2v) is 25.8. The number of carbonyl (C=O) groups is 2. The zero-order valence-electron chi connectivity index (χ0n) is 50.6. The first-order valence-electron chi connectivity index (χ1n) is 31.7. The number of aryl methyl sites for hydroxylation is 1. The van der Waals surface area contributed by atoms with Gasteiger partial charge in [0.25, 0.3) is 0 Å². The topological polar surface area (TPSA) is 217 Å². The Morgan fingerprint density at radius 3 is 2.40 bits per heavy atom. The van der Waals surface area contributed by atoms with Crippen molar-refractivity contribution in [1.82, 2.24) is 15.6 Å². The number of methoxy groups -OCH3 is 1. The molecule has 0 amide bonds. The van der Waals surface area contributed by atoms with Gasteiger partial charge in [-0.25, -0.2) is 0 Å². The number of hydrogen-bond acceptors (Lipinski definition) is 12. The number of H-pyrrole nitrogens is 1. The van der Waals surface area contributed by atoms with Crippen LogP contribution in [0.3, 0.4) is 0 Å². The Balaban J connectivity index is 1.01. The number of ether oxygens (including phenoxy) is 1. The highest BCUT2D eigenvalue weighted by Gasteiger charge is 2.44. The van der Waals surface area contributed by atoms with Crippen LogP contribution in [-0.4, -0.2) is 92.2 Å². The first-order valence-corrected chi connectivity index (χ1v) is 31.7. The summed E-state index contributed by atoms with van der Waals surface area (Å²) in [5.74, 6) is 6.06. The van der Waals surface area contributed by atoms with Crippen molar-refractivity contribution in [2.75, 3.05) is 32.1 Å². The van der Waals surface area contributed by atoms with E-state index in [1.165, 1.54) is 7.11 Å². The number of aromatic hydroxyl groups is 3. The van der Waals surface area contributed by atoms with Crippen molar-refractivity contribution in [3.05, 3.63) is 184 Å². The predicted octanol–water partition coefficient (Wildman–Crippen LogP) is 11.6. The highest BCUT2D eigenvalue weighted by molar-refractivity contribution is 6.06. The average molecular weight is 1180 g/mol. The number of allylic oxidation sites excluding steroid dienone is 4. The standard InChI is InChI=1S/C74H86N4O9/c1-5-9-61-54-30-47(27-46-24-25-76-71(32-46)78-56-21-18-48-14-17-53(72(84)66(48)37-56)34-59(80)42-75-40-44(3)55-33-57(77-41-55)38-68(61)82)29-51-19-22-63(64-39-69(83)70(87-4)36-52(64)20-23-67(81)74(86)73(85)65(51)35-54)62-13-7-6-12-60(62)50-16-15-49(43(2)26-50)28-45-10-8-11-58(79)31-45/h6-8,10-18,21,24,31-33,36-37,39,41,43-44,47,49-51,54,59,61,63,65,68,74-80,82-84,86H,5,9,20,23,25-30,34-35,38,40,42H2,1-4H3. The van der Waals surface area contributed by atoms with Crippen LogP contribution in [0, 0.1) is 53.3 Å². The fourth-order valence-electron chi connectivity index (χ4n) is 15.0. The first kappa shape index (κ1) is 61.1. The van der Waals surface area contributed by atoms with E-state index in [1.807, 2.05) is 54.7 Å². The van der Waals surface area contributed by atoms with E-state index in [0.29, 0.717) is 75.0 Å². The number of phenols is 3. The molecule has 13 atom stereocenters. The molecule has 3 heterocycles. The largest absolute Gasteiger partial charge is 0.508 e. The highest BCUT2D eigenvalue weighted by Crippen LogP contribution is 2.47. The third-order valence-electron chi connectivity index (χ3n) is 19.7. The Labute approximate surface area is 512 Å². The lowest BCUT2D eigenvalue weighted by molar-refractivity contribution is -0.142. The zero-order valence-corrected chi connectivity index (χ0v) is 50.6. The summed E-state index contributed by atoms with van der Waals surface area (Å²) in [4.78, 5) is 33.3. The predicted molar refractivity (Wildman–Crippen MR) is 342 cm³/mol. The number of Topliss-reactive ketones (excluding diaryl/α,β-unsaturated/α-hetero) is 2. The van der Waals surface area contributed by atoms with Crippen LogP contribution in [0.15, 0.2) is 139 Å². The molecule has 1 saturated carbocycles. The fourth-order valence-corrected chi connectivity index (χ4v) is 15.0. The Bertz CT molecular complexity index is 3630. The number of nitrogens with one attached hydrogen (secondary N) is 4. The van der Waals surface area contributed by atoms with E-state index in [0.717, 1.165) is 80.8 Å². The first-order chi connectivity index (χ1) is 42.1. The summed E-state index contributed by atoms with van der Waals surface area (Å²) in [5.41, 5.74) is 9.11. The van der Waals surface area contributed by atoms with Crippen LogP contribution in [0.4, 0.5) is 5.69 Å². The van der Waals surface area contributed by atoms with Crippen LogP contribution in [-0.2, 0) is 35.3 Å². The van der Waals surface area contributed by atoms with Gasteiger partial charge in [0.2, 0.25) is 0 Å². The SMILES string of the molecule is CCCC1C(O)Cc2cc(c[nH]2)C(C)CNCC(O)Cc2ccc3ccc(cc3c2O)NC2=CC(=CCN2)CC2CC3C#CC(c4ccccc4C4C=CC(Cc5cccc(O)c5)C(C)C4)c4cc(O)c(OC)cc4CCC(=O)C(O)C(=O)C3CC1C2. The molecule has 9 bridgehead atoms. The number of fused-ring (bicyclic) bond motifs is 9. The Morgan fingerprint density at radius 1 is 0.770 bits per heavy atom.